The molecule has 0 spiro atoms. The van der Waals surface area contributed by atoms with Gasteiger partial charge in [-0.2, -0.15) is 11.3 Å². The Kier molecular flexibility index (Phi) is 1.29. The second-order valence-electron chi connectivity index (χ2n) is 1.47. The monoisotopic (exact) mass is 130 g/mol. The first-order valence-corrected chi connectivity index (χ1v) is 3.26. The second kappa shape index (κ2) is 2.84. The molecule has 8 heavy (non-hydrogen) atoms. The van der Waals surface area contributed by atoms with Crippen molar-refractivity contribution in [1.29, 1.82) is 0 Å². The van der Waals surface area contributed by atoms with Crippen LogP contribution in [0.2, 0.25) is 0 Å². The van der Waals surface area contributed by atoms with E-state index in [0.717, 1.165) is 5.56 Å². The first-order chi connectivity index (χ1) is 4.58. The molecule has 1 heterocycles. The Hall–Kier alpha value is -0.340. The molecule has 1 N–H and O–H groups in total. The van der Waals surface area contributed by atoms with E-state index in [1.807, 2.05) is 10.8 Å². The third-order valence-electron chi connectivity index (χ3n) is 0.863. The summed E-state index contributed by atoms with van der Waals surface area (Å²) in [5.41, 5.74) is 0.845. The Morgan fingerprint density at radius 3 is 3.25 bits per heavy atom. The molecule has 44 valence electrons. The van der Waals surface area contributed by atoms with E-state index >= 15 is 0 Å². The number of aliphatic hydroxyl groups is 1. The summed E-state index contributed by atoms with van der Waals surface area (Å²) < 4.78 is 13.7. The molecule has 0 saturated heterocycles. The smallest absolute Gasteiger partial charge is 0.0567 e. The number of hydrogen-bond donors (Lipinski definition) is 1. The number of rotatable bonds is 2. The molecule has 0 saturated carbocycles. The van der Waals surface area contributed by atoms with Crippen LogP contribution < -0.4 is 0 Å². The van der Waals surface area contributed by atoms with Crippen molar-refractivity contribution < 1.29 is 7.85 Å². The van der Waals surface area contributed by atoms with E-state index < -0.39 is 6.56 Å². The lowest BCUT2D eigenvalue weighted by Crippen LogP contribution is -1.85. The molecule has 0 aliphatic heterocycles. The number of thiophene rings is 1. The lowest BCUT2D eigenvalue weighted by Gasteiger charge is -1.85. The van der Waals surface area contributed by atoms with Gasteiger partial charge in [-0.15, -0.1) is 0 Å². The predicted molar refractivity (Wildman–Crippen MR) is 35.1 cm³/mol. The molecule has 0 aliphatic rings. The van der Waals surface area contributed by atoms with Gasteiger partial charge in [-0.05, 0) is 28.8 Å². The van der Waals surface area contributed by atoms with E-state index in [-0.39, 0.29) is 6.42 Å². The lowest BCUT2D eigenvalue weighted by molar-refractivity contribution is 0.300. The van der Waals surface area contributed by atoms with Gasteiger partial charge in [0.25, 0.3) is 0 Å². The maximum absolute atomic E-state index is 8.73. The number of aryl methyl sites for hydroxylation is 1. The minimum Gasteiger partial charge on any atom is -0.396 e. The normalized spacial score (nSPS) is 15.1. The minimum atomic E-state index is -2.07. The van der Waals surface area contributed by atoms with Crippen LogP contribution >= 0.6 is 11.3 Å². The van der Waals surface area contributed by atoms with Crippen molar-refractivity contribution in [2.45, 2.75) is 6.42 Å². The topological polar surface area (TPSA) is 20.2 Å². The molecule has 0 aromatic carbocycles. The van der Waals surface area contributed by atoms with E-state index in [9.17, 15) is 0 Å². The number of hydrogen-bond acceptors (Lipinski definition) is 2. The molecule has 2 heteroatoms. The van der Waals surface area contributed by atoms with Gasteiger partial charge in [-0.3, -0.25) is 0 Å². The SMILES string of the molecule is [2H]C([2H])(O)Cc1ccsc1. The second-order valence-corrected chi connectivity index (χ2v) is 2.25. The molecule has 1 aromatic rings. The average Bonchev–Trinajstić information content (AvgIpc) is 2.12. The van der Waals surface area contributed by atoms with Crippen molar-refractivity contribution in [2.24, 2.45) is 0 Å². The van der Waals surface area contributed by atoms with Gasteiger partial charge in [-0.25, -0.2) is 0 Å². The summed E-state index contributed by atoms with van der Waals surface area (Å²) >= 11 is 1.50. The summed E-state index contributed by atoms with van der Waals surface area (Å²) in [6, 6.07) is 1.80. The molecule has 0 aliphatic carbocycles. The van der Waals surface area contributed by atoms with E-state index in [4.69, 9.17) is 7.85 Å². The lowest BCUT2D eigenvalue weighted by atomic mass is 10.3. The fraction of sp³-hybridized carbons (Fsp3) is 0.333. The fourth-order valence-electron chi connectivity index (χ4n) is 0.485. The van der Waals surface area contributed by atoms with E-state index in [1.54, 1.807) is 6.07 Å². The van der Waals surface area contributed by atoms with E-state index in [2.05, 4.69) is 0 Å². The quantitative estimate of drug-likeness (QED) is 0.639. The maximum Gasteiger partial charge on any atom is 0.0567 e. The van der Waals surface area contributed by atoms with Gasteiger partial charge in [0, 0.05) is 6.56 Å². The molecular formula is C6H8OS. The van der Waals surface area contributed by atoms with Crippen LogP contribution in [-0.2, 0) is 6.42 Å². The van der Waals surface area contributed by atoms with Crippen molar-refractivity contribution in [1.82, 2.24) is 0 Å². The standard InChI is InChI=1S/C6H8OS/c7-3-1-6-2-4-8-5-6/h2,4-5,7H,1,3H2/i3D2. The molecule has 0 unspecified atom stereocenters. The Balaban J connectivity index is 2.57. The van der Waals surface area contributed by atoms with E-state index in [0.29, 0.717) is 0 Å². The van der Waals surface area contributed by atoms with Gasteiger partial charge >= 0.3 is 0 Å². The highest BCUT2D eigenvalue weighted by Crippen LogP contribution is 2.05. The van der Waals surface area contributed by atoms with Crippen molar-refractivity contribution in [3.05, 3.63) is 22.4 Å². The Labute approximate surface area is 55.4 Å². The fourth-order valence-corrected chi connectivity index (χ4v) is 1.15. The zero-order chi connectivity index (χ0) is 7.61. The molecule has 1 nitrogen and oxygen atoms in total. The highest BCUT2D eigenvalue weighted by Gasteiger charge is 1.87. The van der Waals surface area contributed by atoms with Crippen molar-refractivity contribution in [3.63, 3.8) is 0 Å². The van der Waals surface area contributed by atoms with Gasteiger partial charge in [0.2, 0.25) is 0 Å². The van der Waals surface area contributed by atoms with Gasteiger partial charge in [0.05, 0.1) is 2.74 Å². The Bertz CT molecular complexity index is 190. The molecule has 0 amide bonds. The molecule has 0 bridgehead atoms. The molecule has 0 atom stereocenters. The zero-order valence-corrected chi connectivity index (χ0v) is 5.11. The summed E-state index contributed by atoms with van der Waals surface area (Å²) in [5.74, 6) is 0. The molecular weight excluding hydrogens is 120 g/mol. The van der Waals surface area contributed by atoms with Gasteiger partial charge < -0.3 is 5.11 Å². The Morgan fingerprint density at radius 1 is 1.88 bits per heavy atom. The van der Waals surface area contributed by atoms with Gasteiger partial charge in [-0.1, -0.05) is 0 Å². The molecule has 0 fully saturated rings. The predicted octanol–water partition coefficient (Wildman–Crippen LogP) is 1.28. The van der Waals surface area contributed by atoms with Crippen LogP contribution in [0.5, 0.6) is 0 Å². The average molecular weight is 130 g/mol. The third-order valence-corrected chi connectivity index (χ3v) is 1.60. The van der Waals surface area contributed by atoms with E-state index in [1.165, 1.54) is 11.3 Å². The summed E-state index contributed by atoms with van der Waals surface area (Å²) in [5, 5.41) is 12.4. The largest absolute Gasteiger partial charge is 0.396 e. The summed E-state index contributed by atoms with van der Waals surface area (Å²) in [6.07, 6.45) is 0.0799. The third kappa shape index (κ3) is 1.32. The van der Waals surface area contributed by atoms with Crippen molar-refractivity contribution in [3.8, 4) is 0 Å². The first kappa shape index (κ1) is 3.64. The van der Waals surface area contributed by atoms with Gasteiger partial charge in [0.1, 0.15) is 0 Å². The van der Waals surface area contributed by atoms with Crippen LogP contribution in [0.3, 0.4) is 0 Å². The van der Waals surface area contributed by atoms with Crippen LogP contribution in [0.4, 0.5) is 0 Å². The Morgan fingerprint density at radius 2 is 2.75 bits per heavy atom. The van der Waals surface area contributed by atoms with Crippen molar-refractivity contribution in [2.75, 3.05) is 6.56 Å². The summed E-state index contributed by atoms with van der Waals surface area (Å²) in [7, 11) is 0. The minimum absolute atomic E-state index is 0.0799. The maximum atomic E-state index is 8.73. The molecule has 1 rings (SSSR count). The van der Waals surface area contributed by atoms with Crippen LogP contribution in [0.1, 0.15) is 8.30 Å². The van der Waals surface area contributed by atoms with Crippen LogP contribution in [0.25, 0.3) is 0 Å². The molecule has 0 radical (unpaired) electrons. The first-order valence-electron chi connectivity index (χ1n) is 3.31. The zero-order valence-electron chi connectivity index (χ0n) is 6.29. The summed E-state index contributed by atoms with van der Waals surface area (Å²) in [6.45, 7) is -2.07. The highest BCUT2D eigenvalue weighted by molar-refractivity contribution is 7.07. The van der Waals surface area contributed by atoms with Crippen LogP contribution in [0, 0.1) is 0 Å². The molecule has 1 aromatic heterocycles. The summed E-state index contributed by atoms with van der Waals surface area (Å²) in [4.78, 5) is 0. The highest BCUT2D eigenvalue weighted by atomic mass is 32.1. The van der Waals surface area contributed by atoms with Crippen LogP contribution in [0.15, 0.2) is 16.8 Å². The van der Waals surface area contributed by atoms with Crippen LogP contribution in [-0.4, -0.2) is 11.7 Å². The van der Waals surface area contributed by atoms with Crippen molar-refractivity contribution >= 4 is 11.3 Å². The van der Waals surface area contributed by atoms with Gasteiger partial charge in [0.15, 0.2) is 0 Å².